The lowest BCUT2D eigenvalue weighted by molar-refractivity contribution is -0.120. The molecule has 1 N–H and O–H groups in total. The predicted octanol–water partition coefficient (Wildman–Crippen LogP) is 2.31. The Bertz CT molecular complexity index is 969. The zero-order valence-electron chi connectivity index (χ0n) is 15.2. The number of amides is 1. The third kappa shape index (κ3) is 3.43. The van der Waals surface area contributed by atoms with Crippen LogP contribution >= 0.6 is 0 Å². The molecule has 4 rings (SSSR count). The highest BCUT2D eigenvalue weighted by Crippen LogP contribution is 2.28. The Morgan fingerprint density at radius 2 is 2.04 bits per heavy atom. The molecule has 0 atom stereocenters. The minimum absolute atomic E-state index is 0.0302. The molecule has 2 aromatic heterocycles. The standard InChI is InChI=1S/C19H22N6O/c1-19(2)11-25(12-19)10-18(26)21-17-7-15-6-13(4-5-14(15)8-20-17)16-9-24(3)23-22-16/h4-9H,10-12H2,1-3H3,(H,20,21,26). The summed E-state index contributed by atoms with van der Waals surface area (Å²) in [5.74, 6) is 0.538. The summed E-state index contributed by atoms with van der Waals surface area (Å²) in [6.45, 7) is 6.73. The van der Waals surface area contributed by atoms with Crippen LogP contribution in [0, 0.1) is 5.41 Å². The average molecular weight is 350 g/mol. The Hall–Kier alpha value is -2.80. The molecule has 1 fully saturated rings. The Balaban J connectivity index is 1.50. The molecule has 26 heavy (non-hydrogen) atoms. The predicted molar refractivity (Wildman–Crippen MR) is 101 cm³/mol. The fourth-order valence-electron chi connectivity index (χ4n) is 3.51. The quantitative estimate of drug-likeness (QED) is 0.781. The van der Waals surface area contributed by atoms with E-state index in [9.17, 15) is 4.79 Å². The van der Waals surface area contributed by atoms with Crippen LogP contribution in [0.15, 0.2) is 36.7 Å². The van der Waals surface area contributed by atoms with Crippen molar-refractivity contribution >= 4 is 22.5 Å². The second-order valence-corrected chi connectivity index (χ2v) is 7.77. The molecule has 3 aromatic rings. The van der Waals surface area contributed by atoms with E-state index in [-0.39, 0.29) is 5.91 Å². The summed E-state index contributed by atoms with van der Waals surface area (Å²) < 4.78 is 1.68. The Morgan fingerprint density at radius 3 is 2.73 bits per heavy atom. The van der Waals surface area contributed by atoms with Gasteiger partial charge in [-0.3, -0.25) is 14.4 Å². The van der Waals surface area contributed by atoms with Gasteiger partial charge in [0.1, 0.15) is 11.5 Å². The van der Waals surface area contributed by atoms with E-state index in [1.165, 1.54) is 0 Å². The van der Waals surface area contributed by atoms with Crippen LogP contribution < -0.4 is 5.32 Å². The van der Waals surface area contributed by atoms with E-state index in [4.69, 9.17) is 0 Å². The van der Waals surface area contributed by atoms with Crippen LogP contribution in [-0.2, 0) is 11.8 Å². The van der Waals surface area contributed by atoms with Gasteiger partial charge < -0.3 is 5.32 Å². The van der Waals surface area contributed by atoms with E-state index in [1.54, 1.807) is 10.9 Å². The number of hydrogen-bond donors (Lipinski definition) is 1. The number of nitrogens with zero attached hydrogens (tertiary/aromatic N) is 5. The van der Waals surface area contributed by atoms with E-state index >= 15 is 0 Å². The van der Waals surface area contributed by atoms with Crippen molar-refractivity contribution in [2.24, 2.45) is 12.5 Å². The number of aryl methyl sites for hydroxylation is 1. The maximum Gasteiger partial charge on any atom is 0.239 e. The van der Waals surface area contributed by atoms with Crippen molar-refractivity contribution in [3.8, 4) is 11.3 Å². The number of hydrogen-bond acceptors (Lipinski definition) is 5. The number of nitrogens with one attached hydrogen (secondary N) is 1. The minimum atomic E-state index is -0.0302. The lowest BCUT2D eigenvalue weighted by Crippen LogP contribution is -2.54. The van der Waals surface area contributed by atoms with E-state index in [0.717, 1.165) is 35.1 Å². The molecule has 1 saturated heterocycles. The zero-order valence-corrected chi connectivity index (χ0v) is 15.2. The van der Waals surface area contributed by atoms with Gasteiger partial charge in [-0.2, -0.15) is 0 Å². The summed E-state index contributed by atoms with van der Waals surface area (Å²) in [6.07, 6.45) is 3.65. The highest BCUT2D eigenvalue weighted by molar-refractivity contribution is 5.94. The highest BCUT2D eigenvalue weighted by Gasteiger charge is 2.34. The van der Waals surface area contributed by atoms with Gasteiger partial charge in [-0.25, -0.2) is 4.98 Å². The van der Waals surface area contributed by atoms with Crippen molar-refractivity contribution in [1.29, 1.82) is 0 Å². The fraction of sp³-hybridized carbons (Fsp3) is 0.368. The second-order valence-electron chi connectivity index (χ2n) is 7.77. The van der Waals surface area contributed by atoms with E-state index in [2.05, 4.69) is 39.4 Å². The lowest BCUT2D eigenvalue weighted by Gasteiger charge is -2.45. The van der Waals surface area contributed by atoms with Crippen molar-refractivity contribution < 1.29 is 4.79 Å². The summed E-state index contributed by atoms with van der Waals surface area (Å²) in [5, 5.41) is 13.0. The van der Waals surface area contributed by atoms with Crippen LogP contribution in [0.4, 0.5) is 5.82 Å². The Morgan fingerprint density at radius 1 is 1.23 bits per heavy atom. The molecule has 0 radical (unpaired) electrons. The smallest absolute Gasteiger partial charge is 0.239 e. The highest BCUT2D eigenvalue weighted by atomic mass is 16.2. The van der Waals surface area contributed by atoms with Crippen LogP contribution in [0.1, 0.15) is 13.8 Å². The SMILES string of the molecule is Cn1cc(-c2ccc3cnc(NC(=O)CN4CC(C)(C)C4)cc3c2)nn1. The Labute approximate surface area is 152 Å². The van der Waals surface area contributed by atoms with Crippen molar-refractivity contribution in [3.63, 3.8) is 0 Å². The van der Waals surface area contributed by atoms with Gasteiger partial charge in [-0.05, 0) is 22.9 Å². The molecule has 1 aromatic carbocycles. The minimum Gasteiger partial charge on any atom is -0.310 e. The molecule has 3 heterocycles. The van der Waals surface area contributed by atoms with E-state index in [1.807, 2.05) is 37.5 Å². The number of anilines is 1. The van der Waals surface area contributed by atoms with Gasteiger partial charge >= 0.3 is 0 Å². The topological polar surface area (TPSA) is 75.9 Å². The monoisotopic (exact) mass is 350 g/mol. The number of benzene rings is 1. The van der Waals surface area contributed by atoms with E-state index < -0.39 is 0 Å². The van der Waals surface area contributed by atoms with Crippen molar-refractivity contribution in [3.05, 3.63) is 36.7 Å². The van der Waals surface area contributed by atoms with Crippen LogP contribution in [-0.4, -0.2) is 50.4 Å². The number of aromatic nitrogens is 4. The molecule has 0 aliphatic carbocycles. The summed E-state index contributed by atoms with van der Waals surface area (Å²) >= 11 is 0. The second kappa shape index (κ2) is 6.17. The normalized spacial score (nSPS) is 16.4. The molecule has 134 valence electrons. The maximum atomic E-state index is 12.2. The number of carbonyl (C=O) groups is 1. The fourth-order valence-corrected chi connectivity index (χ4v) is 3.51. The van der Waals surface area contributed by atoms with E-state index in [0.29, 0.717) is 17.8 Å². The van der Waals surface area contributed by atoms with Crippen molar-refractivity contribution in [2.45, 2.75) is 13.8 Å². The van der Waals surface area contributed by atoms with Gasteiger partial charge in [0.2, 0.25) is 5.91 Å². The largest absolute Gasteiger partial charge is 0.310 e. The summed E-state index contributed by atoms with van der Waals surface area (Å²) in [7, 11) is 1.84. The van der Waals surface area contributed by atoms with Crippen LogP contribution in [0.2, 0.25) is 0 Å². The molecule has 1 aliphatic heterocycles. The molecule has 1 aliphatic rings. The number of rotatable bonds is 4. The maximum absolute atomic E-state index is 12.2. The lowest BCUT2D eigenvalue weighted by atomic mass is 9.84. The van der Waals surface area contributed by atoms with Gasteiger partial charge in [0, 0.05) is 37.3 Å². The zero-order chi connectivity index (χ0) is 18.3. The van der Waals surface area contributed by atoms with Crippen LogP contribution in [0.25, 0.3) is 22.0 Å². The van der Waals surface area contributed by atoms with Gasteiger partial charge in [0.25, 0.3) is 0 Å². The summed E-state index contributed by atoms with van der Waals surface area (Å²) in [4.78, 5) is 18.7. The number of fused-ring (bicyclic) bond motifs is 1. The van der Waals surface area contributed by atoms with Crippen LogP contribution in [0.3, 0.4) is 0 Å². The molecule has 0 saturated carbocycles. The summed E-state index contributed by atoms with van der Waals surface area (Å²) in [5.41, 5.74) is 2.12. The third-order valence-electron chi connectivity index (χ3n) is 4.56. The van der Waals surface area contributed by atoms with Gasteiger partial charge in [-0.15, -0.1) is 5.10 Å². The molecule has 0 unspecified atom stereocenters. The van der Waals surface area contributed by atoms with Crippen molar-refractivity contribution in [2.75, 3.05) is 25.0 Å². The molecule has 7 heteroatoms. The third-order valence-corrected chi connectivity index (χ3v) is 4.56. The molecule has 7 nitrogen and oxygen atoms in total. The molecule has 1 amide bonds. The van der Waals surface area contributed by atoms with Crippen LogP contribution in [0.5, 0.6) is 0 Å². The number of likely N-dealkylation sites (tertiary alicyclic amines) is 1. The number of carbonyl (C=O) groups excluding carboxylic acids is 1. The Kier molecular flexibility index (Phi) is 3.96. The first-order valence-corrected chi connectivity index (χ1v) is 8.67. The molecular weight excluding hydrogens is 328 g/mol. The van der Waals surface area contributed by atoms with Gasteiger partial charge in [0.15, 0.2) is 0 Å². The average Bonchev–Trinajstić information content (AvgIpc) is 2.99. The first-order valence-electron chi connectivity index (χ1n) is 8.67. The first kappa shape index (κ1) is 16.7. The molecule has 0 bridgehead atoms. The van der Waals surface area contributed by atoms with Gasteiger partial charge in [-0.1, -0.05) is 31.2 Å². The van der Waals surface area contributed by atoms with Crippen molar-refractivity contribution in [1.82, 2.24) is 24.9 Å². The van der Waals surface area contributed by atoms with Gasteiger partial charge in [0.05, 0.1) is 12.7 Å². The molecule has 0 spiro atoms. The molecular formula is C19H22N6O. The first-order chi connectivity index (χ1) is 12.4. The summed E-state index contributed by atoms with van der Waals surface area (Å²) in [6, 6.07) is 7.93. The number of pyridine rings is 1.